The van der Waals surface area contributed by atoms with Crippen molar-refractivity contribution < 1.29 is 24.5 Å². The van der Waals surface area contributed by atoms with Crippen molar-refractivity contribution in [3.63, 3.8) is 0 Å². The van der Waals surface area contributed by atoms with Gasteiger partial charge in [-0.15, -0.1) is 0 Å². The number of aliphatic hydroxyl groups is 2. The third kappa shape index (κ3) is 69.4. The van der Waals surface area contributed by atoms with Crippen molar-refractivity contribution in [2.24, 2.45) is 0 Å². The average Bonchev–Trinajstić information content (AvgIpc) is 3.52. The highest BCUT2D eigenvalue weighted by Crippen LogP contribution is 2.20. The van der Waals surface area contributed by atoms with E-state index in [4.69, 9.17) is 4.74 Å². The number of carbonyl (C=O) groups is 2. The fourth-order valence-corrected chi connectivity index (χ4v) is 12.4. The lowest BCUT2D eigenvalue weighted by Crippen LogP contribution is -2.45. The Morgan fingerprint density at radius 3 is 0.917 bits per heavy atom. The van der Waals surface area contributed by atoms with Crippen molar-refractivity contribution in [2.75, 3.05) is 13.2 Å². The summed E-state index contributed by atoms with van der Waals surface area (Å²) >= 11 is 0. The van der Waals surface area contributed by atoms with E-state index < -0.39 is 12.1 Å². The van der Waals surface area contributed by atoms with Gasteiger partial charge in [0.25, 0.3) is 0 Å². The lowest BCUT2D eigenvalue weighted by atomic mass is 10.0. The first kappa shape index (κ1) is 82.3. The van der Waals surface area contributed by atoms with Crippen LogP contribution in [0.4, 0.5) is 0 Å². The van der Waals surface area contributed by atoms with E-state index in [0.29, 0.717) is 25.9 Å². The van der Waals surface area contributed by atoms with Gasteiger partial charge in [0.2, 0.25) is 5.91 Å². The van der Waals surface area contributed by atoms with Gasteiger partial charge in [-0.1, -0.05) is 391 Å². The van der Waals surface area contributed by atoms with E-state index in [9.17, 15) is 19.8 Å². The zero-order valence-corrected chi connectivity index (χ0v) is 57.2. The predicted molar refractivity (Wildman–Crippen MR) is 370 cm³/mol. The van der Waals surface area contributed by atoms with Gasteiger partial charge in [-0.3, -0.25) is 9.59 Å². The number of ether oxygens (including phenoxy) is 1. The number of hydrogen-bond donors (Lipinski definition) is 3. The Morgan fingerprint density at radius 2 is 0.595 bits per heavy atom. The van der Waals surface area contributed by atoms with Gasteiger partial charge in [0, 0.05) is 12.8 Å². The average molecular weight is 1180 g/mol. The van der Waals surface area contributed by atoms with Gasteiger partial charge in [0.1, 0.15) is 0 Å². The molecule has 0 radical (unpaired) electrons. The molecule has 3 N–H and O–H groups in total. The van der Waals surface area contributed by atoms with E-state index in [-0.39, 0.29) is 18.5 Å². The summed E-state index contributed by atoms with van der Waals surface area (Å²) in [6, 6.07) is -0.538. The van der Waals surface area contributed by atoms with Crippen LogP contribution in [-0.2, 0) is 14.3 Å². The molecule has 2 atom stereocenters. The van der Waals surface area contributed by atoms with Gasteiger partial charge in [-0.05, 0) is 57.8 Å². The van der Waals surface area contributed by atoms with E-state index >= 15 is 0 Å². The minimum Gasteiger partial charge on any atom is -0.466 e. The topological polar surface area (TPSA) is 95.9 Å². The first-order valence-electron chi connectivity index (χ1n) is 38.6. The Labute approximate surface area is 526 Å². The van der Waals surface area contributed by atoms with E-state index in [1.807, 2.05) is 0 Å². The van der Waals surface area contributed by atoms with Gasteiger partial charge in [0.05, 0.1) is 25.4 Å². The maximum absolute atomic E-state index is 12.5. The summed E-state index contributed by atoms with van der Waals surface area (Å²) in [5.74, 6) is -0.0120. The van der Waals surface area contributed by atoms with Crippen LogP contribution in [-0.4, -0.2) is 47.4 Å². The van der Waals surface area contributed by atoms with Crippen molar-refractivity contribution in [3.8, 4) is 0 Å². The molecule has 0 spiro atoms. The maximum atomic E-state index is 12.5. The molecule has 0 aliphatic heterocycles. The summed E-state index contributed by atoms with van der Waals surface area (Å²) in [7, 11) is 0. The summed E-state index contributed by atoms with van der Waals surface area (Å²) in [4.78, 5) is 24.7. The summed E-state index contributed by atoms with van der Waals surface area (Å²) < 4.78 is 5.51. The molecule has 2 unspecified atom stereocenters. The van der Waals surface area contributed by atoms with Crippen molar-refractivity contribution >= 4 is 11.9 Å². The largest absolute Gasteiger partial charge is 0.466 e. The Kier molecular flexibility index (Phi) is 72.3. The van der Waals surface area contributed by atoms with Crippen LogP contribution < -0.4 is 5.32 Å². The quantitative estimate of drug-likeness (QED) is 0.0320. The van der Waals surface area contributed by atoms with Crippen LogP contribution in [0.15, 0.2) is 24.3 Å². The first-order chi connectivity index (χ1) is 41.5. The molecule has 0 aliphatic carbocycles. The smallest absolute Gasteiger partial charge is 0.305 e. The number of esters is 1. The van der Waals surface area contributed by atoms with Crippen LogP contribution in [0.2, 0.25) is 0 Å². The van der Waals surface area contributed by atoms with Gasteiger partial charge >= 0.3 is 5.97 Å². The Hall–Kier alpha value is -1.66. The fraction of sp³-hybridized carbons (Fsp3) is 0.923. The van der Waals surface area contributed by atoms with Crippen molar-refractivity contribution in [3.05, 3.63) is 24.3 Å². The van der Waals surface area contributed by atoms with Crippen LogP contribution in [0, 0.1) is 0 Å². The standard InChI is InChI=1S/C78H151NO5/c1-3-5-7-9-11-13-15-17-19-21-38-42-46-50-54-58-62-66-70-76(81)75(74-80)79-77(82)71-67-63-59-55-51-47-43-39-36-34-32-30-28-26-24-23-25-27-29-31-33-35-37-41-45-49-53-57-61-65-69-73-84-78(83)72-68-64-60-56-52-48-44-40-22-20-18-16-14-12-10-8-6-4-2/h14,16,20,22,75-76,80-81H,3-13,15,17-19,21,23-74H2,1-2H3,(H,79,82)/b16-14-,22-20-. The number of amides is 1. The molecule has 0 saturated carbocycles. The highest BCUT2D eigenvalue weighted by Gasteiger charge is 2.20. The van der Waals surface area contributed by atoms with Crippen molar-refractivity contribution in [1.82, 2.24) is 5.32 Å². The van der Waals surface area contributed by atoms with Gasteiger partial charge in [0.15, 0.2) is 0 Å². The normalized spacial score (nSPS) is 12.6. The second-order valence-electron chi connectivity index (χ2n) is 26.7. The minimum absolute atomic E-state index is 0.0143. The summed E-state index contributed by atoms with van der Waals surface area (Å²) in [6.07, 6.45) is 94.0. The minimum atomic E-state index is -0.662. The van der Waals surface area contributed by atoms with Crippen molar-refractivity contribution in [1.29, 1.82) is 0 Å². The molecule has 6 heteroatoms. The molecule has 0 aliphatic rings. The Balaban J connectivity index is 3.32. The second kappa shape index (κ2) is 73.8. The molecule has 0 saturated heterocycles. The molecule has 1 amide bonds. The highest BCUT2D eigenvalue weighted by molar-refractivity contribution is 5.76. The monoisotopic (exact) mass is 1180 g/mol. The molecule has 84 heavy (non-hydrogen) atoms. The third-order valence-electron chi connectivity index (χ3n) is 18.3. The van der Waals surface area contributed by atoms with Crippen LogP contribution in [0.5, 0.6) is 0 Å². The van der Waals surface area contributed by atoms with E-state index in [2.05, 4.69) is 43.5 Å². The molecular formula is C78H151NO5. The van der Waals surface area contributed by atoms with Crippen LogP contribution >= 0.6 is 0 Å². The molecule has 0 bridgehead atoms. The zero-order valence-electron chi connectivity index (χ0n) is 57.2. The molecule has 0 aromatic carbocycles. The fourth-order valence-electron chi connectivity index (χ4n) is 12.4. The number of hydrogen-bond acceptors (Lipinski definition) is 5. The van der Waals surface area contributed by atoms with Crippen LogP contribution in [0.25, 0.3) is 0 Å². The van der Waals surface area contributed by atoms with Gasteiger partial charge in [-0.25, -0.2) is 0 Å². The zero-order chi connectivity index (χ0) is 60.6. The van der Waals surface area contributed by atoms with E-state index in [1.165, 1.54) is 353 Å². The molecule has 0 rings (SSSR count). The highest BCUT2D eigenvalue weighted by atomic mass is 16.5. The van der Waals surface area contributed by atoms with E-state index in [0.717, 1.165) is 51.4 Å². The van der Waals surface area contributed by atoms with Crippen molar-refractivity contribution in [2.45, 2.75) is 450 Å². The number of rotatable bonds is 73. The molecule has 0 aromatic heterocycles. The first-order valence-corrected chi connectivity index (χ1v) is 38.6. The number of carbonyl (C=O) groups excluding carboxylic acids is 2. The van der Waals surface area contributed by atoms with Crippen LogP contribution in [0.1, 0.15) is 438 Å². The van der Waals surface area contributed by atoms with Crippen LogP contribution in [0.3, 0.4) is 0 Å². The third-order valence-corrected chi connectivity index (χ3v) is 18.3. The number of unbranched alkanes of at least 4 members (excludes halogenated alkanes) is 58. The molecular weight excluding hydrogens is 1030 g/mol. The molecule has 498 valence electrons. The molecule has 0 aromatic rings. The SMILES string of the molecule is CCCCCC/C=C\C/C=C\CCCCCCCCCC(=O)OCCCCCCCCCCCCCCCCCCCCCCCCCCCCCCCCCC(=O)NC(CO)C(O)CCCCCCCCCCCCCCCCCCCC. The number of aliphatic hydroxyl groups excluding tert-OH is 2. The molecule has 6 nitrogen and oxygen atoms in total. The summed E-state index contributed by atoms with van der Waals surface area (Å²) in [5, 5.41) is 23.4. The van der Waals surface area contributed by atoms with Gasteiger partial charge < -0.3 is 20.3 Å². The Bertz CT molecular complexity index is 1320. The number of nitrogens with one attached hydrogen (secondary N) is 1. The summed E-state index contributed by atoms with van der Waals surface area (Å²) in [6.45, 7) is 4.98. The maximum Gasteiger partial charge on any atom is 0.305 e. The summed E-state index contributed by atoms with van der Waals surface area (Å²) in [5.41, 5.74) is 0. The lowest BCUT2D eigenvalue weighted by molar-refractivity contribution is -0.143. The molecule has 0 fully saturated rings. The van der Waals surface area contributed by atoms with Gasteiger partial charge in [-0.2, -0.15) is 0 Å². The lowest BCUT2D eigenvalue weighted by Gasteiger charge is -2.22. The Morgan fingerprint density at radius 1 is 0.333 bits per heavy atom. The van der Waals surface area contributed by atoms with E-state index in [1.54, 1.807) is 0 Å². The predicted octanol–water partition coefficient (Wildman–Crippen LogP) is 25.3. The second-order valence-corrected chi connectivity index (χ2v) is 26.7. The molecule has 0 heterocycles. The number of allylic oxidation sites excluding steroid dienone is 4.